The molecule has 1 aromatic rings. The van der Waals surface area contributed by atoms with Gasteiger partial charge < -0.3 is 0 Å². The van der Waals surface area contributed by atoms with Crippen molar-refractivity contribution in [3.8, 4) is 0 Å². The average molecular weight is 199 g/mol. The van der Waals surface area contributed by atoms with Crippen molar-refractivity contribution >= 4 is 11.9 Å². The molecule has 13 heavy (non-hydrogen) atoms. The minimum absolute atomic E-state index is 0.175. The molecule has 0 atom stereocenters. The van der Waals surface area contributed by atoms with Crippen molar-refractivity contribution < 1.29 is 4.39 Å². The normalized spacial score (nSPS) is 10.8. The lowest BCUT2D eigenvalue weighted by Crippen LogP contribution is -2.13. The third-order valence-electron chi connectivity index (χ3n) is 1.54. The molecule has 0 amide bonds. The molecule has 72 valence electrons. The number of nitrogens with one attached hydrogen (secondary N) is 1. The van der Waals surface area contributed by atoms with Gasteiger partial charge in [-0.15, -0.1) is 0 Å². The Bertz CT molecular complexity index is 286. The van der Waals surface area contributed by atoms with Gasteiger partial charge in [0.15, 0.2) is 0 Å². The Kier molecular flexibility index (Phi) is 3.75. The van der Waals surface area contributed by atoms with Gasteiger partial charge in [0.05, 0.1) is 0 Å². The summed E-state index contributed by atoms with van der Waals surface area (Å²) in [6, 6.07) is 5.25. The largest absolute Gasteiger partial charge is 0.257 e. The summed E-state index contributed by atoms with van der Waals surface area (Å²) in [7, 11) is 0. The Labute approximate surface area is 82.9 Å². The number of aryl methyl sites for hydroxylation is 1. The lowest BCUT2D eigenvalue weighted by atomic mass is 10.2. The molecule has 0 radical (unpaired) electrons. The van der Waals surface area contributed by atoms with E-state index in [1.54, 1.807) is 24.1 Å². The van der Waals surface area contributed by atoms with Crippen molar-refractivity contribution in [1.29, 1.82) is 0 Å². The molecule has 1 rings (SSSR count). The molecule has 0 saturated carbocycles. The molecule has 0 aromatic heterocycles. The third-order valence-corrected chi connectivity index (χ3v) is 2.81. The van der Waals surface area contributed by atoms with Gasteiger partial charge in [-0.3, -0.25) is 4.72 Å². The van der Waals surface area contributed by atoms with Crippen LogP contribution in [-0.2, 0) is 0 Å². The summed E-state index contributed by atoms with van der Waals surface area (Å²) in [6.45, 7) is 6.06. The highest BCUT2D eigenvalue weighted by Crippen LogP contribution is 2.20. The van der Waals surface area contributed by atoms with Crippen molar-refractivity contribution in [2.75, 3.05) is 0 Å². The number of benzene rings is 1. The number of halogens is 1. The van der Waals surface area contributed by atoms with Crippen LogP contribution >= 0.6 is 11.9 Å². The fourth-order valence-corrected chi connectivity index (χ4v) is 1.63. The summed E-state index contributed by atoms with van der Waals surface area (Å²) < 4.78 is 15.9. The van der Waals surface area contributed by atoms with Crippen LogP contribution in [0.5, 0.6) is 0 Å². The highest BCUT2D eigenvalue weighted by atomic mass is 32.2. The minimum Gasteiger partial charge on any atom is -0.257 e. The molecular formula is C10H14FNS. The van der Waals surface area contributed by atoms with E-state index in [4.69, 9.17) is 0 Å². The van der Waals surface area contributed by atoms with E-state index in [0.29, 0.717) is 6.04 Å². The Morgan fingerprint density at radius 2 is 2.08 bits per heavy atom. The van der Waals surface area contributed by atoms with Crippen LogP contribution in [0.4, 0.5) is 4.39 Å². The topological polar surface area (TPSA) is 12.0 Å². The zero-order valence-corrected chi connectivity index (χ0v) is 8.91. The first-order chi connectivity index (χ1) is 6.09. The molecule has 1 nitrogen and oxygen atoms in total. The highest BCUT2D eigenvalue weighted by molar-refractivity contribution is 7.97. The van der Waals surface area contributed by atoms with E-state index in [-0.39, 0.29) is 5.82 Å². The van der Waals surface area contributed by atoms with Crippen molar-refractivity contribution in [2.45, 2.75) is 31.7 Å². The summed E-state index contributed by atoms with van der Waals surface area (Å²) >= 11 is 1.55. The first kappa shape index (κ1) is 10.5. The van der Waals surface area contributed by atoms with Crippen LogP contribution in [0.3, 0.4) is 0 Å². The maximum absolute atomic E-state index is 12.7. The van der Waals surface area contributed by atoms with Crippen molar-refractivity contribution in [3.05, 3.63) is 29.6 Å². The van der Waals surface area contributed by atoms with Gasteiger partial charge in [0.25, 0.3) is 0 Å². The second kappa shape index (κ2) is 4.63. The van der Waals surface area contributed by atoms with Crippen molar-refractivity contribution in [2.24, 2.45) is 0 Å². The smallest absolute Gasteiger partial charge is 0.123 e. The predicted octanol–water partition coefficient (Wildman–Crippen LogP) is 3.14. The van der Waals surface area contributed by atoms with Crippen LogP contribution < -0.4 is 4.72 Å². The SMILES string of the molecule is Cc1cc(F)ccc1SNC(C)C. The van der Waals surface area contributed by atoms with Crippen LogP contribution in [0.25, 0.3) is 0 Å². The molecule has 0 aliphatic carbocycles. The van der Waals surface area contributed by atoms with Gasteiger partial charge in [0, 0.05) is 10.9 Å². The molecule has 1 aromatic carbocycles. The van der Waals surface area contributed by atoms with Gasteiger partial charge in [-0.05, 0) is 56.5 Å². The molecule has 0 saturated heterocycles. The van der Waals surface area contributed by atoms with Gasteiger partial charge in [-0.25, -0.2) is 4.39 Å². The average Bonchev–Trinajstić information content (AvgIpc) is 2.02. The third kappa shape index (κ3) is 3.36. The van der Waals surface area contributed by atoms with Crippen LogP contribution in [-0.4, -0.2) is 6.04 Å². The lowest BCUT2D eigenvalue weighted by molar-refractivity contribution is 0.625. The number of hydrogen-bond acceptors (Lipinski definition) is 2. The van der Waals surface area contributed by atoms with Gasteiger partial charge in [-0.2, -0.15) is 0 Å². The van der Waals surface area contributed by atoms with E-state index in [0.717, 1.165) is 10.5 Å². The maximum atomic E-state index is 12.7. The van der Waals surface area contributed by atoms with Crippen molar-refractivity contribution in [1.82, 2.24) is 4.72 Å². The van der Waals surface area contributed by atoms with Gasteiger partial charge >= 0.3 is 0 Å². The molecule has 0 spiro atoms. The number of rotatable bonds is 3. The van der Waals surface area contributed by atoms with Crippen LogP contribution in [0.2, 0.25) is 0 Å². The van der Waals surface area contributed by atoms with E-state index in [2.05, 4.69) is 18.6 Å². The highest BCUT2D eigenvalue weighted by Gasteiger charge is 2.01. The standard InChI is InChI=1S/C10H14FNS/c1-7(2)12-13-10-5-4-9(11)6-8(10)3/h4-7,12H,1-3H3. The summed E-state index contributed by atoms with van der Waals surface area (Å²) in [5, 5.41) is 0. The zero-order valence-electron chi connectivity index (χ0n) is 8.10. The summed E-state index contributed by atoms with van der Waals surface area (Å²) in [5.41, 5.74) is 0.971. The Balaban J connectivity index is 2.67. The van der Waals surface area contributed by atoms with Crippen molar-refractivity contribution in [3.63, 3.8) is 0 Å². The first-order valence-electron chi connectivity index (χ1n) is 4.28. The summed E-state index contributed by atoms with van der Waals surface area (Å²) in [4.78, 5) is 1.08. The fourth-order valence-electron chi connectivity index (χ4n) is 0.909. The van der Waals surface area contributed by atoms with E-state index >= 15 is 0 Å². The molecule has 1 N–H and O–H groups in total. The molecule has 0 aliphatic heterocycles. The summed E-state index contributed by atoms with van der Waals surface area (Å²) in [5.74, 6) is -0.175. The maximum Gasteiger partial charge on any atom is 0.123 e. The monoisotopic (exact) mass is 199 g/mol. The number of hydrogen-bond donors (Lipinski definition) is 1. The second-order valence-electron chi connectivity index (χ2n) is 3.28. The van der Waals surface area contributed by atoms with E-state index < -0.39 is 0 Å². The Morgan fingerprint density at radius 3 is 2.62 bits per heavy atom. The predicted molar refractivity (Wildman–Crippen MR) is 55.3 cm³/mol. The minimum atomic E-state index is -0.175. The second-order valence-corrected chi connectivity index (χ2v) is 4.16. The van der Waals surface area contributed by atoms with Gasteiger partial charge in [0.2, 0.25) is 0 Å². The fraction of sp³-hybridized carbons (Fsp3) is 0.400. The molecule has 3 heteroatoms. The molecule has 0 aliphatic rings. The van der Waals surface area contributed by atoms with Crippen LogP contribution in [0, 0.1) is 12.7 Å². The van der Waals surface area contributed by atoms with Gasteiger partial charge in [0.1, 0.15) is 5.82 Å². The molecule has 0 heterocycles. The van der Waals surface area contributed by atoms with E-state index in [1.807, 2.05) is 6.92 Å². The first-order valence-corrected chi connectivity index (χ1v) is 5.10. The van der Waals surface area contributed by atoms with Gasteiger partial charge in [-0.1, -0.05) is 0 Å². The molecule has 0 bridgehead atoms. The lowest BCUT2D eigenvalue weighted by Gasteiger charge is -2.08. The quantitative estimate of drug-likeness (QED) is 0.750. The zero-order chi connectivity index (χ0) is 9.84. The van der Waals surface area contributed by atoms with E-state index in [9.17, 15) is 4.39 Å². The Morgan fingerprint density at radius 1 is 1.38 bits per heavy atom. The van der Waals surface area contributed by atoms with Crippen LogP contribution in [0.15, 0.2) is 23.1 Å². The molecule has 0 unspecified atom stereocenters. The Hall–Kier alpha value is -0.540. The summed E-state index contributed by atoms with van der Waals surface area (Å²) in [6.07, 6.45) is 0. The molecule has 0 fully saturated rings. The molecular weight excluding hydrogens is 185 g/mol. The van der Waals surface area contributed by atoms with E-state index in [1.165, 1.54) is 6.07 Å². The van der Waals surface area contributed by atoms with Crippen LogP contribution in [0.1, 0.15) is 19.4 Å².